The zero-order chi connectivity index (χ0) is 12.3. The topological polar surface area (TPSA) is 39.1 Å². The fourth-order valence-corrected chi connectivity index (χ4v) is 2.36. The molecule has 0 amide bonds. The Kier molecular flexibility index (Phi) is 4.05. The van der Waals surface area contributed by atoms with Crippen LogP contribution in [0.1, 0.15) is 39.2 Å². The molecular weight excluding hydrogens is 214 g/mol. The molecule has 0 spiro atoms. The summed E-state index contributed by atoms with van der Waals surface area (Å²) >= 11 is 0. The summed E-state index contributed by atoms with van der Waals surface area (Å²) in [5, 5.41) is 3.53. The maximum atomic E-state index is 5.19. The van der Waals surface area contributed by atoms with Gasteiger partial charge in [-0.25, -0.2) is 4.98 Å². The number of aromatic nitrogens is 2. The number of hydrogen-bond acceptors (Lipinski definition) is 3. The molecule has 1 aromatic heterocycles. The fourth-order valence-electron chi connectivity index (χ4n) is 2.36. The number of imidazole rings is 1. The molecule has 1 aliphatic carbocycles. The van der Waals surface area contributed by atoms with Gasteiger partial charge in [0.25, 0.3) is 0 Å². The predicted molar refractivity (Wildman–Crippen MR) is 69.2 cm³/mol. The summed E-state index contributed by atoms with van der Waals surface area (Å²) in [7, 11) is 1.73. The van der Waals surface area contributed by atoms with E-state index < -0.39 is 0 Å². The Hall–Kier alpha value is -1.03. The van der Waals surface area contributed by atoms with Crippen LogP contribution < -0.4 is 5.32 Å². The lowest BCUT2D eigenvalue weighted by Crippen LogP contribution is -2.32. The molecule has 1 fully saturated rings. The highest BCUT2D eigenvalue weighted by molar-refractivity contribution is 5.28. The van der Waals surface area contributed by atoms with E-state index in [0.29, 0.717) is 18.7 Å². The lowest BCUT2D eigenvalue weighted by atomic mass is 9.80. The highest BCUT2D eigenvalue weighted by atomic mass is 16.5. The summed E-state index contributed by atoms with van der Waals surface area (Å²) < 4.78 is 7.34. The van der Waals surface area contributed by atoms with Gasteiger partial charge in [-0.1, -0.05) is 6.42 Å². The predicted octanol–water partition coefficient (Wildman–Crippen LogP) is 2.69. The summed E-state index contributed by atoms with van der Waals surface area (Å²) in [6, 6.07) is 0.832. The molecule has 0 aliphatic heterocycles. The largest absolute Gasteiger partial charge is 0.383 e. The van der Waals surface area contributed by atoms with Crippen molar-refractivity contribution in [3.63, 3.8) is 0 Å². The van der Waals surface area contributed by atoms with Gasteiger partial charge in [0.15, 0.2) is 0 Å². The van der Waals surface area contributed by atoms with Crippen LogP contribution in [0.5, 0.6) is 0 Å². The minimum Gasteiger partial charge on any atom is -0.383 e. The summed E-state index contributed by atoms with van der Waals surface area (Å²) in [4.78, 5) is 4.40. The Morgan fingerprint density at radius 3 is 2.88 bits per heavy atom. The molecule has 1 aromatic rings. The van der Waals surface area contributed by atoms with Crippen LogP contribution in [0, 0.1) is 5.92 Å². The quantitative estimate of drug-likeness (QED) is 0.826. The van der Waals surface area contributed by atoms with Gasteiger partial charge in [-0.05, 0) is 32.6 Å². The van der Waals surface area contributed by atoms with Crippen LogP contribution in [0.4, 0.5) is 5.95 Å². The number of rotatable bonds is 6. The molecule has 17 heavy (non-hydrogen) atoms. The van der Waals surface area contributed by atoms with Gasteiger partial charge in [0.05, 0.1) is 12.6 Å². The lowest BCUT2D eigenvalue weighted by Gasteiger charge is -2.32. The zero-order valence-electron chi connectivity index (χ0n) is 11.0. The molecule has 4 heteroatoms. The number of anilines is 1. The van der Waals surface area contributed by atoms with E-state index in [1.54, 1.807) is 7.11 Å². The van der Waals surface area contributed by atoms with Crippen molar-refractivity contribution in [1.82, 2.24) is 9.55 Å². The molecule has 2 atom stereocenters. The molecule has 0 radical (unpaired) electrons. The summed E-state index contributed by atoms with van der Waals surface area (Å²) in [5.41, 5.74) is 0. The Bertz CT molecular complexity index is 346. The first-order valence-electron chi connectivity index (χ1n) is 6.50. The van der Waals surface area contributed by atoms with Crippen molar-refractivity contribution >= 4 is 5.95 Å². The Morgan fingerprint density at radius 1 is 1.53 bits per heavy atom. The fraction of sp³-hybridized carbons (Fsp3) is 0.769. The Balaban J connectivity index is 1.97. The first-order chi connectivity index (χ1) is 8.22. The van der Waals surface area contributed by atoms with Crippen molar-refractivity contribution in [2.24, 2.45) is 5.92 Å². The molecule has 2 unspecified atom stereocenters. The third-order valence-corrected chi connectivity index (χ3v) is 3.77. The van der Waals surface area contributed by atoms with Gasteiger partial charge in [0.2, 0.25) is 5.95 Å². The standard InChI is InChI=1S/C13H23N3O/c1-10(9-17-3)16-8-7-14-13(16)15-11(2)12-5-4-6-12/h7-8,10-12H,4-6,9H2,1-3H3,(H,14,15). The van der Waals surface area contributed by atoms with E-state index in [9.17, 15) is 0 Å². The zero-order valence-corrected chi connectivity index (χ0v) is 11.0. The van der Waals surface area contributed by atoms with Crippen LogP contribution in [-0.2, 0) is 4.74 Å². The number of hydrogen-bond donors (Lipinski definition) is 1. The SMILES string of the molecule is COCC(C)n1ccnc1NC(C)C1CCC1. The molecule has 1 N–H and O–H groups in total. The van der Waals surface area contributed by atoms with Crippen molar-refractivity contribution in [2.75, 3.05) is 19.0 Å². The molecule has 1 aliphatic rings. The van der Waals surface area contributed by atoms with Gasteiger partial charge in [-0.15, -0.1) is 0 Å². The lowest BCUT2D eigenvalue weighted by molar-refractivity contribution is 0.162. The van der Waals surface area contributed by atoms with Gasteiger partial charge in [0.1, 0.15) is 0 Å². The van der Waals surface area contributed by atoms with Crippen LogP contribution in [0.3, 0.4) is 0 Å². The first kappa shape index (κ1) is 12.4. The van der Waals surface area contributed by atoms with E-state index in [0.717, 1.165) is 11.9 Å². The number of ether oxygens (including phenoxy) is 1. The van der Waals surface area contributed by atoms with E-state index >= 15 is 0 Å². The van der Waals surface area contributed by atoms with Crippen molar-refractivity contribution in [3.05, 3.63) is 12.4 Å². The third kappa shape index (κ3) is 2.80. The maximum Gasteiger partial charge on any atom is 0.203 e. The Morgan fingerprint density at radius 2 is 2.29 bits per heavy atom. The highest BCUT2D eigenvalue weighted by Crippen LogP contribution is 2.31. The van der Waals surface area contributed by atoms with Crippen LogP contribution in [0.25, 0.3) is 0 Å². The van der Waals surface area contributed by atoms with E-state index in [1.165, 1.54) is 19.3 Å². The third-order valence-electron chi connectivity index (χ3n) is 3.77. The van der Waals surface area contributed by atoms with Gasteiger partial charge < -0.3 is 14.6 Å². The van der Waals surface area contributed by atoms with Crippen LogP contribution in [0.15, 0.2) is 12.4 Å². The van der Waals surface area contributed by atoms with Crippen LogP contribution >= 0.6 is 0 Å². The molecular formula is C13H23N3O. The second-order valence-electron chi connectivity index (χ2n) is 5.09. The van der Waals surface area contributed by atoms with E-state index in [1.807, 2.05) is 12.4 Å². The van der Waals surface area contributed by atoms with E-state index in [-0.39, 0.29) is 0 Å². The highest BCUT2D eigenvalue weighted by Gasteiger charge is 2.24. The van der Waals surface area contributed by atoms with Gasteiger partial charge in [-0.3, -0.25) is 0 Å². The first-order valence-corrected chi connectivity index (χ1v) is 6.50. The summed E-state index contributed by atoms with van der Waals surface area (Å²) in [6.45, 7) is 5.11. The molecule has 1 saturated carbocycles. The smallest absolute Gasteiger partial charge is 0.203 e. The normalized spacial score (nSPS) is 19.7. The monoisotopic (exact) mass is 237 g/mol. The average Bonchev–Trinajstić information content (AvgIpc) is 2.63. The summed E-state index contributed by atoms with van der Waals surface area (Å²) in [6.07, 6.45) is 7.94. The molecule has 2 rings (SSSR count). The molecule has 0 saturated heterocycles. The minimum absolute atomic E-state index is 0.318. The molecule has 1 heterocycles. The number of nitrogens with zero attached hydrogens (tertiary/aromatic N) is 2. The molecule has 4 nitrogen and oxygen atoms in total. The number of nitrogens with one attached hydrogen (secondary N) is 1. The van der Waals surface area contributed by atoms with E-state index in [4.69, 9.17) is 4.74 Å². The van der Waals surface area contributed by atoms with Crippen molar-refractivity contribution in [3.8, 4) is 0 Å². The van der Waals surface area contributed by atoms with E-state index in [2.05, 4.69) is 28.7 Å². The molecule has 0 aromatic carbocycles. The van der Waals surface area contributed by atoms with Crippen LogP contribution in [0.2, 0.25) is 0 Å². The maximum absolute atomic E-state index is 5.19. The van der Waals surface area contributed by atoms with Crippen molar-refractivity contribution < 1.29 is 4.74 Å². The second kappa shape index (κ2) is 5.54. The van der Waals surface area contributed by atoms with Crippen molar-refractivity contribution in [2.45, 2.75) is 45.2 Å². The van der Waals surface area contributed by atoms with Crippen molar-refractivity contribution in [1.29, 1.82) is 0 Å². The van der Waals surface area contributed by atoms with Gasteiger partial charge >= 0.3 is 0 Å². The van der Waals surface area contributed by atoms with Gasteiger partial charge in [0, 0.05) is 25.5 Å². The Labute approximate surface area is 103 Å². The second-order valence-corrected chi connectivity index (χ2v) is 5.09. The average molecular weight is 237 g/mol. The van der Waals surface area contributed by atoms with Gasteiger partial charge in [-0.2, -0.15) is 0 Å². The molecule has 96 valence electrons. The minimum atomic E-state index is 0.318. The summed E-state index contributed by atoms with van der Waals surface area (Å²) in [5.74, 6) is 1.78. The van der Waals surface area contributed by atoms with Crippen LogP contribution in [-0.4, -0.2) is 29.3 Å². The number of methoxy groups -OCH3 is 1. The molecule has 0 bridgehead atoms.